The van der Waals surface area contributed by atoms with Gasteiger partial charge in [0.2, 0.25) is 5.89 Å². The first-order valence-electron chi connectivity index (χ1n) is 17.6. The highest BCUT2D eigenvalue weighted by Gasteiger charge is 2.19. The third kappa shape index (κ3) is 5.61. The summed E-state index contributed by atoms with van der Waals surface area (Å²) in [5, 5.41) is 3.06. The Labute approximate surface area is 305 Å². The predicted molar refractivity (Wildman–Crippen MR) is 215 cm³/mol. The Morgan fingerprint density at radius 2 is 0.906 bits per heavy atom. The van der Waals surface area contributed by atoms with Crippen molar-refractivity contribution in [2.24, 2.45) is 0 Å². The molecule has 248 valence electrons. The first kappa shape index (κ1) is 30.6. The van der Waals surface area contributed by atoms with Gasteiger partial charge in [-0.25, -0.2) is 19.9 Å². The standard InChI is InChI=1S/C48H30N4O/c1-5-13-31(14-6-1)37-25-27-40-39(29-37)44-38(26-28-43-46(44)52-48(53-43)36-19-11-4-12-20-36)45(49-40)34-23-21-33(22-24-34)42-30-41(32-15-7-2-8-16-32)50-47(51-42)35-17-9-3-10-18-35/h1-30H. The number of hydrogen-bond acceptors (Lipinski definition) is 5. The largest absolute Gasteiger partial charge is 0.436 e. The maximum atomic E-state index is 6.38. The molecule has 0 amide bonds. The van der Waals surface area contributed by atoms with E-state index in [1.54, 1.807) is 0 Å². The average Bonchev–Trinajstić information content (AvgIpc) is 3.69. The molecule has 0 spiro atoms. The number of hydrogen-bond donors (Lipinski definition) is 0. The first-order chi connectivity index (χ1) is 26.2. The van der Waals surface area contributed by atoms with Crippen LogP contribution in [0.15, 0.2) is 186 Å². The van der Waals surface area contributed by atoms with E-state index in [-0.39, 0.29) is 0 Å². The van der Waals surface area contributed by atoms with Crippen molar-refractivity contribution in [3.05, 3.63) is 182 Å². The highest BCUT2D eigenvalue weighted by atomic mass is 16.3. The fourth-order valence-electron chi connectivity index (χ4n) is 7.08. The quantitative estimate of drug-likeness (QED) is 0.164. The van der Waals surface area contributed by atoms with Crippen LogP contribution in [0.1, 0.15) is 0 Å². The van der Waals surface area contributed by atoms with E-state index in [1.165, 1.54) is 0 Å². The zero-order valence-electron chi connectivity index (χ0n) is 28.5. The molecule has 0 aliphatic rings. The van der Waals surface area contributed by atoms with Crippen molar-refractivity contribution in [3.8, 4) is 67.7 Å². The molecule has 0 bridgehead atoms. The van der Waals surface area contributed by atoms with Crippen LogP contribution in [0.2, 0.25) is 0 Å². The van der Waals surface area contributed by atoms with E-state index in [4.69, 9.17) is 24.4 Å². The molecule has 53 heavy (non-hydrogen) atoms. The zero-order chi connectivity index (χ0) is 35.1. The van der Waals surface area contributed by atoms with E-state index >= 15 is 0 Å². The van der Waals surface area contributed by atoms with Crippen LogP contribution in [0, 0.1) is 0 Å². The van der Waals surface area contributed by atoms with Gasteiger partial charge in [0.05, 0.1) is 22.6 Å². The lowest BCUT2D eigenvalue weighted by molar-refractivity contribution is 0.620. The summed E-state index contributed by atoms with van der Waals surface area (Å²) in [6.07, 6.45) is 0. The molecule has 3 aromatic heterocycles. The molecule has 0 N–H and O–H groups in total. The number of fused-ring (bicyclic) bond motifs is 5. The average molecular weight is 679 g/mol. The van der Waals surface area contributed by atoms with Crippen molar-refractivity contribution in [2.45, 2.75) is 0 Å². The summed E-state index contributed by atoms with van der Waals surface area (Å²) in [5.74, 6) is 1.28. The molecule has 0 unspecified atom stereocenters. The molecular formula is C48H30N4O. The first-order valence-corrected chi connectivity index (χ1v) is 17.6. The number of oxazole rings is 1. The molecule has 0 aliphatic heterocycles. The van der Waals surface area contributed by atoms with Gasteiger partial charge >= 0.3 is 0 Å². The van der Waals surface area contributed by atoms with Gasteiger partial charge in [-0.3, -0.25) is 0 Å². The normalized spacial score (nSPS) is 11.4. The van der Waals surface area contributed by atoms with Crippen molar-refractivity contribution in [3.63, 3.8) is 0 Å². The summed E-state index contributed by atoms with van der Waals surface area (Å²) in [6, 6.07) is 62.1. The summed E-state index contributed by atoms with van der Waals surface area (Å²) in [4.78, 5) is 20.4. The molecule has 0 saturated carbocycles. The van der Waals surface area contributed by atoms with Gasteiger partial charge in [0.15, 0.2) is 11.4 Å². The third-order valence-electron chi connectivity index (χ3n) is 9.72. The molecular weight excluding hydrogens is 649 g/mol. The second-order valence-corrected chi connectivity index (χ2v) is 13.0. The highest BCUT2D eigenvalue weighted by molar-refractivity contribution is 6.21. The van der Waals surface area contributed by atoms with Crippen molar-refractivity contribution in [1.82, 2.24) is 19.9 Å². The molecule has 0 radical (unpaired) electrons. The van der Waals surface area contributed by atoms with Gasteiger partial charge in [0.1, 0.15) is 5.52 Å². The van der Waals surface area contributed by atoms with E-state index in [0.717, 1.165) is 88.8 Å². The Kier molecular flexibility index (Phi) is 7.40. The summed E-state index contributed by atoms with van der Waals surface area (Å²) < 4.78 is 6.38. The third-order valence-corrected chi connectivity index (χ3v) is 9.72. The van der Waals surface area contributed by atoms with Gasteiger partial charge in [-0.15, -0.1) is 0 Å². The fourth-order valence-corrected chi connectivity index (χ4v) is 7.08. The summed E-state index contributed by atoms with van der Waals surface area (Å²) in [7, 11) is 0. The van der Waals surface area contributed by atoms with E-state index in [0.29, 0.717) is 11.7 Å². The summed E-state index contributed by atoms with van der Waals surface area (Å²) >= 11 is 0. The SMILES string of the molecule is c1ccc(-c2ccc3nc(-c4ccc(-c5cc(-c6ccccc6)nc(-c6ccccc6)n5)cc4)c4ccc5oc(-c6ccccc6)nc5c4c3c2)cc1. The number of pyridine rings is 1. The lowest BCUT2D eigenvalue weighted by atomic mass is 9.96. The Hall–Kier alpha value is -7.24. The minimum Gasteiger partial charge on any atom is -0.436 e. The second kappa shape index (κ2) is 12.8. The van der Waals surface area contributed by atoms with Crippen molar-refractivity contribution in [1.29, 1.82) is 0 Å². The molecule has 0 aliphatic carbocycles. The Morgan fingerprint density at radius 1 is 0.358 bits per heavy atom. The number of rotatable bonds is 6. The van der Waals surface area contributed by atoms with Crippen LogP contribution in [-0.2, 0) is 0 Å². The number of nitrogens with zero attached hydrogens (tertiary/aromatic N) is 4. The highest BCUT2D eigenvalue weighted by Crippen LogP contribution is 2.40. The van der Waals surface area contributed by atoms with Crippen molar-refractivity contribution < 1.29 is 4.42 Å². The molecule has 3 heterocycles. The monoisotopic (exact) mass is 678 g/mol. The van der Waals surface area contributed by atoms with Crippen LogP contribution >= 0.6 is 0 Å². The van der Waals surface area contributed by atoms with Gasteiger partial charge < -0.3 is 4.42 Å². The van der Waals surface area contributed by atoms with Gasteiger partial charge in [-0.2, -0.15) is 0 Å². The van der Waals surface area contributed by atoms with Crippen LogP contribution in [0.5, 0.6) is 0 Å². The molecule has 0 atom stereocenters. The van der Waals surface area contributed by atoms with Crippen LogP contribution < -0.4 is 0 Å². The van der Waals surface area contributed by atoms with Gasteiger partial charge in [0.25, 0.3) is 0 Å². The Morgan fingerprint density at radius 3 is 1.57 bits per heavy atom. The maximum absolute atomic E-state index is 6.38. The van der Waals surface area contributed by atoms with Crippen molar-refractivity contribution >= 4 is 32.8 Å². The number of aromatic nitrogens is 4. The van der Waals surface area contributed by atoms with Crippen LogP contribution in [0.25, 0.3) is 101 Å². The second-order valence-electron chi connectivity index (χ2n) is 13.0. The van der Waals surface area contributed by atoms with E-state index in [1.807, 2.05) is 91.0 Å². The lowest BCUT2D eigenvalue weighted by Crippen LogP contribution is -1.96. The predicted octanol–water partition coefficient (Wildman–Crippen LogP) is 12.3. The molecule has 10 rings (SSSR count). The Bertz CT molecular complexity index is 2850. The summed E-state index contributed by atoms with van der Waals surface area (Å²) in [6.45, 7) is 0. The minimum atomic E-state index is 0.595. The number of benzene rings is 7. The lowest BCUT2D eigenvalue weighted by Gasteiger charge is -2.13. The topological polar surface area (TPSA) is 64.7 Å². The summed E-state index contributed by atoms with van der Waals surface area (Å²) in [5.41, 5.74) is 12.3. The minimum absolute atomic E-state index is 0.595. The fraction of sp³-hybridized carbons (Fsp3) is 0. The molecule has 5 heteroatoms. The van der Waals surface area contributed by atoms with Crippen LogP contribution in [0.4, 0.5) is 0 Å². The van der Waals surface area contributed by atoms with Gasteiger partial charge in [-0.1, -0.05) is 140 Å². The molecule has 0 saturated heterocycles. The molecule has 0 fully saturated rings. The zero-order valence-corrected chi connectivity index (χ0v) is 28.5. The Balaban J connectivity index is 1.14. The van der Waals surface area contributed by atoms with E-state index in [9.17, 15) is 0 Å². The molecule has 5 nitrogen and oxygen atoms in total. The van der Waals surface area contributed by atoms with Gasteiger partial charge in [0, 0.05) is 44.0 Å². The van der Waals surface area contributed by atoms with E-state index in [2.05, 4.69) is 91.0 Å². The van der Waals surface area contributed by atoms with Crippen LogP contribution in [-0.4, -0.2) is 19.9 Å². The van der Waals surface area contributed by atoms with Gasteiger partial charge in [-0.05, 0) is 53.6 Å². The molecule has 7 aromatic carbocycles. The smallest absolute Gasteiger partial charge is 0.227 e. The molecule has 10 aromatic rings. The van der Waals surface area contributed by atoms with Crippen molar-refractivity contribution in [2.75, 3.05) is 0 Å². The van der Waals surface area contributed by atoms with Crippen LogP contribution in [0.3, 0.4) is 0 Å². The van der Waals surface area contributed by atoms with E-state index < -0.39 is 0 Å². The maximum Gasteiger partial charge on any atom is 0.227 e.